The van der Waals surface area contributed by atoms with Gasteiger partial charge < -0.3 is 20.1 Å². The Hall–Kier alpha value is -4.34. The average Bonchev–Trinajstić information content (AvgIpc) is 2.90. The van der Waals surface area contributed by atoms with Crippen molar-refractivity contribution in [1.82, 2.24) is 5.32 Å². The maximum Gasteiger partial charge on any atom is 0.416 e. The molecule has 0 atom stereocenters. The maximum absolute atomic E-state index is 13.6. The van der Waals surface area contributed by atoms with Gasteiger partial charge in [0.15, 0.2) is 5.78 Å². The van der Waals surface area contributed by atoms with E-state index in [1.165, 1.54) is 13.0 Å². The minimum absolute atomic E-state index is 0.00979. The molecule has 0 saturated carbocycles. The first-order valence-electron chi connectivity index (χ1n) is 13.5. The van der Waals surface area contributed by atoms with Gasteiger partial charge in [0.2, 0.25) is 0 Å². The minimum atomic E-state index is -4.61. The van der Waals surface area contributed by atoms with E-state index in [9.17, 15) is 27.6 Å². The van der Waals surface area contributed by atoms with Crippen molar-refractivity contribution in [1.29, 1.82) is 0 Å². The van der Waals surface area contributed by atoms with Crippen LogP contribution in [0.15, 0.2) is 60.7 Å². The van der Waals surface area contributed by atoms with E-state index >= 15 is 0 Å². The molecule has 0 spiro atoms. The predicted molar refractivity (Wildman–Crippen MR) is 154 cm³/mol. The SMILES string of the molecule is CCC(=O)c1cccc(Oc2ccc(CNC(=O)Nc3cc(C(F)(F)F)c(C)cc3CCC(=O)OC(C)(C)C)cc2)c1. The number of carbonyl (C=O) groups is 3. The lowest BCUT2D eigenvalue weighted by molar-refractivity contribution is -0.154. The molecule has 10 heteroatoms. The summed E-state index contributed by atoms with van der Waals surface area (Å²) in [5.74, 6) is 0.553. The Labute approximate surface area is 243 Å². The number of urea groups is 1. The van der Waals surface area contributed by atoms with Crippen LogP contribution >= 0.6 is 0 Å². The molecule has 0 radical (unpaired) electrons. The van der Waals surface area contributed by atoms with Crippen LogP contribution in [-0.4, -0.2) is 23.4 Å². The lowest BCUT2D eigenvalue weighted by atomic mass is 9.99. The summed E-state index contributed by atoms with van der Waals surface area (Å²) < 4.78 is 51.9. The van der Waals surface area contributed by atoms with E-state index in [0.717, 1.165) is 11.6 Å². The molecule has 42 heavy (non-hydrogen) atoms. The number of Topliss-reactive ketones (excluding diaryl/α,β-unsaturated/α-hetero) is 1. The normalized spacial score (nSPS) is 11.5. The van der Waals surface area contributed by atoms with E-state index in [1.54, 1.807) is 76.2 Å². The number of anilines is 1. The summed E-state index contributed by atoms with van der Waals surface area (Å²) in [5, 5.41) is 5.14. The number of ether oxygens (including phenoxy) is 2. The molecule has 0 aliphatic carbocycles. The van der Waals surface area contributed by atoms with Crippen molar-refractivity contribution >= 4 is 23.5 Å². The van der Waals surface area contributed by atoms with Gasteiger partial charge in [-0.1, -0.05) is 37.3 Å². The minimum Gasteiger partial charge on any atom is -0.460 e. The molecule has 7 nitrogen and oxygen atoms in total. The van der Waals surface area contributed by atoms with Crippen molar-refractivity contribution in [2.24, 2.45) is 0 Å². The van der Waals surface area contributed by atoms with Gasteiger partial charge >= 0.3 is 18.2 Å². The maximum atomic E-state index is 13.6. The zero-order valence-electron chi connectivity index (χ0n) is 24.3. The number of hydrogen-bond donors (Lipinski definition) is 2. The van der Waals surface area contributed by atoms with E-state index in [-0.39, 0.29) is 36.4 Å². The summed E-state index contributed by atoms with van der Waals surface area (Å²) in [5.41, 5.74) is 0.0357. The predicted octanol–water partition coefficient (Wildman–Crippen LogP) is 7.99. The Morgan fingerprint density at radius 3 is 2.21 bits per heavy atom. The van der Waals surface area contributed by atoms with Crippen molar-refractivity contribution in [3.8, 4) is 11.5 Å². The lowest BCUT2D eigenvalue weighted by Crippen LogP contribution is -2.29. The number of aryl methyl sites for hydroxylation is 2. The number of nitrogens with one attached hydrogen (secondary N) is 2. The largest absolute Gasteiger partial charge is 0.460 e. The fourth-order valence-electron chi connectivity index (χ4n) is 4.12. The van der Waals surface area contributed by atoms with Gasteiger partial charge in [0, 0.05) is 30.6 Å². The standard InChI is InChI=1S/C32H35F3N2O5/c1-6-28(38)23-8-7-9-25(17-23)41-24-13-10-21(11-14-24)19-36-30(40)37-27-18-26(32(33,34)35)20(2)16-22(27)12-15-29(39)42-31(3,4)5/h7-11,13-14,16-18H,6,12,15,19H2,1-5H3,(H2,36,37,40). The number of benzene rings is 3. The number of ketones is 1. The van der Waals surface area contributed by atoms with Crippen LogP contribution in [0.5, 0.6) is 11.5 Å². The molecule has 0 bridgehead atoms. The highest BCUT2D eigenvalue weighted by molar-refractivity contribution is 5.96. The number of hydrogen-bond acceptors (Lipinski definition) is 5. The fourth-order valence-corrected chi connectivity index (χ4v) is 4.12. The van der Waals surface area contributed by atoms with Crippen molar-refractivity contribution in [2.75, 3.05) is 5.32 Å². The molecule has 2 amide bonds. The van der Waals surface area contributed by atoms with Gasteiger partial charge in [0.1, 0.15) is 17.1 Å². The first-order chi connectivity index (χ1) is 19.6. The van der Waals surface area contributed by atoms with Crippen molar-refractivity contribution in [3.63, 3.8) is 0 Å². The fraction of sp³-hybridized carbons (Fsp3) is 0.344. The third kappa shape index (κ3) is 9.64. The topological polar surface area (TPSA) is 93.7 Å². The highest BCUT2D eigenvalue weighted by atomic mass is 19.4. The zero-order valence-corrected chi connectivity index (χ0v) is 24.3. The van der Waals surface area contributed by atoms with Gasteiger partial charge in [-0.05, 0) is 81.1 Å². The highest BCUT2D eigenvalue weighted by Gasteiger charge is 2.33. The second-order valence-electron chi connectivity index (χ2n) is 10.8. The quantitative estimate of drug-likeness (QED) is 0.186. The van der Waals surface area contributed by atoms with Crippen molar-refractivity contribution in [3.05, 3.63) is 88.5 Å². The van der Waals surface area contributed by atoms with Crippen LogP contribution in [0.1, 0.15) is 73.1 Å². The molecule has 3 aromatic rings. The van der Waals surface area contributed by atoms with Crippen molar-refractivity contribution in [2.45, 2.75) is 72.2 Å². The molecule has 0 fully saturated rings. The Morgan fingerprint density at radius 1 is 0.905 bits per heavy atom. The number of halogens is 3. The Kier molecular flexibility index (Phi) is 10.4. The number of alkyl halides is 3. The molecule has 3 rings (SSSR count). The molecule has 0 saturated heterocycles. The van der Waals surface area contributed by atoms with E-state index in [2.05, 4.69) is 10.6 Å². The van der Waals surface area contributed by atoms with Gasteiger partial charge in [-0.3, -0.25) is 9.59 Å². The number of carbonyl (C=O) groups excluding carboxylic acids is 3. The van der Waals surface area contributed by atoms with Crippen LogP contribution in [0.3, 0.4) is 0 Å². The molecular weight excluding hydrogens is 549 g/mol. The van der Waals surface area contributed by atoms with Crippen LogP contribution in [0, 0.1) is 6.92 Å². The van der Waals surface area contributed by atoms with Crippen LogP contribution in [-0.2, 0) is 28.7 Å². The first kappa shape index (κ1) is 32.2. The van der Waals surface area contributed by atoms with E-state index in [4.69, 9.17) is 9.47 Å². The van der Waals surface area contributed by atoms with Crippen molar-refractivity contribution < 1.29 is 37.0 Å². The number of rotatable bonds is 10. The Bertz CT molecular complexity index is 1430. The third-order valence-corrected chi connectivity index (χ3v) is 6.11. The van der Waals surface area contributed by atoms with Gasteiger partial charge in [0.05, 0.1) is 5.56 Å². The molecule has 3 aromatic carbocycles. The van der Waals surface area contributed by atoms with E-state index < -0.39 is 29.3 Å². The van der Waals surface area contributed by atoms with Crippen LogP contribution < -0.4 is 15.4 Å². The van der Waals surface area contributed by atoms with Gasteiger partial charge in [-0.25, -0.2) is 4.79 Å². The summed E-state index contributed by atoms with van der Waals surface area (Å²) in [4.78, 5) is 36.8. The van der Waals surface area contributed by atoms with Crippen LogP contribution in [0.2, 0.25) is 0 Å². The van der Waals surface area contributed by atoms with E-state index in [1.807, 2.05) is 0 Å². The highest BCUT2D eigenvalue weighted by Crippen LogP contribution is 2.35. The third-order valence-electron chi connectivity index (χ3n) is 6.11. The molecule has 224 valence electrons. The molecule has 0 aromatic heterocycles. The summed E-state index contributed by atoms with van der Waals surface area (Å²) in [6, 6.07) is 15.3. The molecular formula is C32H35F3N2O5. The molecule has 0 heterocycles. The molecule has 0 aliphatic heterocycles. The van der Waals surface area contributed by atoms with E-state index in [0.29, 0.717) is 29.0 Å². The second kappa shape index (κ2) is 13.5. The molecule has 2 N–H and O–H groups in total. The summed E-state index contributed by atoms with van der Waals surface area (Å²) >= 11 is 0. The van der Waals surface area contributed by atoms with Gasteiger partial charge in [-0.2, -0.15) is 13.2 Å². The van der Waals surface area contributed by atoms with Gasteiger partial charge in [-0.15, -0.1) is 0 Å². The number of esters is 1. The summed E-state index contributed by atoms with van der Waals surface area (Å²) in [6.45, 7) is 8.38. The average molecular weight is 585 g/mol. The van der Waals surface area contributed by atoms with Crippen LogP contribution in [0.25, 0.3) is 0 Å². The lowest BCUT2D eigenvalue weighted by Gasteiger charge is -2.20. The van der Waals surface area contributed by atoms with Crippen LogP contribution in [0.4, 0.5) is 23.7 Å². The molecule has 0 unspecified atom stereocenters. The van der Waals surface area contributed by atoms with Gasteiger partial charge in [0.25, 0.3) is 0 Å². The summed E-state index contributed by atoms with van der Waals surface area (Å²) in [6.07, 6.45) is -4.21. The monoisotopic (exact) mass is 584 g/mol. The zero-order chi connectivity index (χ0) is 31.1. The Morgan fingerprint density at radius 2 is 1.60 bits per heavy atom. The Balaban J connectivity index is 1.66. The number of amides is 2. The molecule has 0 aliphatic rings. The first-order valence-corrected chi connectivity index (χ1v) is 13.5. The second-order valence-corrected chi connectivity index (χ2v) is 10.8. The smallest absolute Gasteiger partial charge is 0.416 e. The summed E-state index contributed by atoms with van der Waals surface area (Å²) in [7, 11) is 0.